The number of benzene rings is 1. The van der Waals surface area contributed by atoms with Crippen molar-refractivity contribution in [1.29, 1.82) is 0 Å². The predicted octanol–water partition coefficient (Wildman–Crippen LogP) is 3.98. The van der Waals surface area contributed by atoms with Crippen LogP contribution in [0.25, 0.3) is 10.1 Å². The Labute approximate surface area is 113 Å². The number of hydrogen-bond acceptors (Lipinski definition) is 3. The first-order chi connectivity index (χ1) is 8.81. The quantitative estimate of drug-likeness (QED) is 0.763. The summed E-state index contributed by atoms with van der Waals surface area (Å²) in [6.45, 7) is 6.93. The summed E-state index contributed by atoms with van der Waals surface area (Å²) in [5.41, 5.74) is 0. The topological polar surface area (TPSA) is 21.3 Å². The first kappa shape index (κ1) is 13.5. The molecule has 1 aromatic carbocycles. The summed E-state index contributed by atoms with van der Waals surface area (Å²) in [5, 5.41) is 4.90. The van der Waals surface area contributed by atoms with Crippen LogP contribution < -0.4 is 5.32 Å². The van der Waals surface area contributed by atoms with E-state index in [4.69, 9.17) is 4.74 Å². The molecule has 1 N–H and O–H groups in total. The molecule has 2 nitrogen and oxygen atoms in total. The highest BCUT2D eigenvalue weighted by Crippen LogP contribution is 2.29. The molecule has 0 aliphatic carbocycles. The Morgan fingerprint density at radius 1 is 1.33 bits per heavy atom. The lowest BCUT2D eigenvalue weighted by Crippen LogP contribution is -2.20. The second-order valence-corrected chi connectivity index (χ2v) is 5.53. The summed E-state index contributed by atoms with van der Waals surface area (Å²) >= 11 is 1.88. The van der Waals surface area contributed by atoms with Gasteiger partial charge in [-0.25, -0.2) is 0 Å². The summed E-state index contributed by atoms with van der Waals surface area (Å²) in [4.78, 5) is 1.41. The first-order valence-electron chi connectivity index (χ1n) is 6.61. The van der Waals surface area contributed by atoms with E-state index in [1.54, 1.807) is 0 Å². The number of nitrogens with one attached hydrogen (secondary N) is 1. The molecule has 2 rings (SSSR count). The molecule has 1 atom stereocenters. The fourth-order valence-corrected chi connectivity index (χ4v) is 3.04. The van der Waals surface area contributed by atoms with E-state index in [9.17, 15) is 0 Å². The Bertz CT molecular complexity index is 447. The second-order valence-electron chi connectivity index (χ2n) is 4.41. The van der Waals surface area contributed by atoms with Crippen molar-refractivity contribution in [3.05, 3.63) is 35.2 Å². The molecule has 1 aromatic heterocycles. The van der Waals surface area contributed by atoms with Gasteiger partial charge in [0.1, 0.15) is 0 Å². The van der Waals surface area contributed by atoms with Gasteiger partial charge < -0.3 is 10.1 Å². The summed E-state index contributed by atoms with van der Waals surface area (Å²) in [7, 11) is 0. The molecule has 0 amide bonds. The van der Waals surface area contributed by atoms with Gasteiger partial charge >= 0.3 is 0 Å². The van der Waals surface area contributed by atoms with Crippen molar-refractivity contribution in [3.63, 3.8) is 0 Å². The van der Waals surface area contributed by atoms with Gasteiger partial charge in [-0.1, -0.05) is 18.2 Å². The van der Waals surface area contributed by atoms with Gasteiger partial charge in [-0.2, -0.15) is 0 Å². The fourth-order valence-electron chi connectivity index (χ4n) is 1.95. The third-order valence-corrected chi connectivity index (χ3v) is 4.29. The Hall–Kier alpha value is -0.900. The minimum Gasteiger partial charge on any atom is -0.382 e. The molecule has 0 saturated heterocycles. The third-order valence-electron chi connectivity index (χ3n) is 2.99. The highest BCUT2D eigenvalue weighted by molar-refractivity contribution is 7.19. The zero-order chi connectivity index (χ0) is 12.8. The first-order valence-corrected chi connectivity index (χ1v) is 7.42. The molecule has 0 aliphatic heterocycles. The molecule has 3 heteroatoms. The van der Waals surface area contributed by atoms with Crippen molar-refractivity contribution in [2.24, 2.45) is 0 Å². The fraction of sp³-hybridized carbons (Fsp3) is 0.467. The van der Waals surface area contributed by atoms with Crippen LogP contribution in [0, 0.1) is 0 Å². The maximum Gasteiger partial charge on any atom is 0.0477 e. The van der Waals surface area contributed by atoms with Gasteiger partial charge in [-0.15, -0.1) is 11.3 Å². The molecule has 1 heterocycles. The Kier molecular flexibility index (Phi) is 5.17. The molecule has 0 aliphatic rings. The van der Waals surface area contributed by atoms with E-state index in [1.165, 1.54) is 15.0 Å². The van der Waals surface area contributed by atoms with Crippen LogP contribution in [0.5, 0.6) is 0 Å². The van der Waals surface area contributed by atoms with Crippen molar-refractivity contribution >= 4 is 21.4 Å². The smallest absolute Gasteiger partial charge is 0.0477 e. The third kappa shape index (κ3) is 3.55. The van der Waals surface area contributed by atoms with E-state index >= 15 is 0 Å². The van der Waals surface area contributed by atoms with Crippen LogP contribution in [0.2, 0.25) is 0 Å². The molecule has 0 radical (unpaired) electrons. The molecule has 2 aromatic rings. The maximum absolute atomic E-state index is 5.33. The second kappa shape index (κ2) is 6.88. The van der Waals surface area contributed by atoms with E-state index in [-0.39, 0.29) is 0 Å². The molecule has 1 unspecified atom stereocenters. The molecule has 0 bridgehead atoms. The van der Waals surface area contributed by atoms with Crippen LogP contribution >= 0.6 is 11.3 Å². The monoisotopic (exact) mass is 263 g/mol. The van der Waals surface area contributed by atoms with Crippen LogP contribution in [0.3, 0.4) is 0 Å². The SMILES string of the molecule is CCOCCCNC(C)c1cc2ccccc2s1. The largest absolute Gasteiger partial charge is 0.382 e. The lowest BCUT2D eigenvalue weighted by atomic mass is 10.2. The number of fused-ring (bicyclic) bond motifs is 1. The molecule has 0 fully saturated rings. The van der Waals surface area contributed by atoms with E-state index in [1.807, 2.05) is 18.3 Å². The number of rotatable bonds is 7. The van der Waals surface area contributed by atoms with Crippen LogP contribution in [0.4, 0.5) is 0 Å². The summed E-state index contributed by atoms with van der Waals surface area (Å²) in [6.07, 6.45) is 1.07. The lowest BCUT2D eigenvalue weighted by Gasteiger charge is -2.11. The van der Waals surface area contributed by atoms with Gasteiger partial charge in [0, 0.05) is 28.8 Å². The minimum atomic E-state index is 0.420. The highest BCUT2D eigenvalue weighted by atomic mass is 32.1. The standard InChI is InChI=1S/C15H21NOS/c1-3-17-10-6-9-16-12(2)15-11-13-7-4-5-8-14(13)18-15/h4-5,7-8,11-12,16H,3,6,9-10H2,1-2H3. The molecule has 18 heavy (non-hydrogen) atoms. The summed E-state index contributed by atoms with van der Waals surface area (Å²) in [6, 6.07) is 11.3. The van der Waals surface area contributed by atoms with Crippen molar-refractivity contribution < 1.29 is 4.74 Å². The van der Waals surface area contributed by atoms with Gasteiger partial charge in [0.05, 0.1) is 0 Å². The zero-order valence-corrected chi connectivity index (χ0v) is 11.9. The minimum absolute atomic E-state index is 0.420. The van der Waals surface area contributed by atoms with Gasteiger partial charge in [0.25, 0.3) is 0 Å². The van der Waals surface area contributed by atoms with Crippen molar-refractivity contribution in [2.75, 3.05) is 19.8 Å². The van der Waals surface area contributed by atoms with Gasteiger partial charge in [0.15, 0.2) is 0 Å². The van der Waals surface area contributed by atoms with Gasteiger partial charge in [0.2, 0.25) is 0 Å². The van der Waals surface area contributed by atoms with E-state index in [2.05, 4.69) is 42.6 Å². The average Bonchev–Trinajstić information content (AvgIpc) is 2.82. The van der Waals surface area contributed by atoms with Gasteiger partial charge in [-0.05, 0) is 44.3 Å². The van der Waals surface area contributed by atoms with Crippen molar-refractivity contribution in [1.82, 2.24) is 5.32 Å². The Morgan fingerprint density at radius 2 is 2.17 bits per heavy atom. The Morgan fingerprint density at radius 3 is 2.94 bits per heavy atom. The molecular weight excluding hydrogens is 242 g/mol. The predicted molar refractivity (Wildman–Crippen MR) is 79.4 cm³/mol. The molecule has 0 saturated carbocycles. The molecule has 98 valence electrons. The number of thiophene rings is 1. The van der Waals surface area contributed by atoms with Crippen LogP contribution in [0.15, 0.2) is 30.3 Å². The van der Waals surface area contributed by atoms with E-state index in [0.717, 1.165) is 26.2 Å². The lowest BCUT2D eigenvalue weighted by molar-refractivity contribution is 0.144. The van der Waals surface area contributed by atoms with Crippen LogP contribution in [-0.2, 0) is 4.74 Å². The normalized spacial score (nSPS) is 13.0. The number of ether oxygens (including phenoxy) is 1. The maximum atomic E-state index is 5.33. The van der Waals surface area contributed by atoms with Crippen molar-refractivity contribution in [2.45, 2.75) is 26.3 Å². The molecule has 0 spiro atoms. The summed E-state index contributed by atoms with van der Waals surface area (Å²) in [5.74, 6) is 0. The Balaban J connectivity index is 1.86. The molecular formula is C15H21NOS. The van der Waals surface area contributed by atoms with Gasteiger partial charge in [-0.3, -0.25) is 0 Å². The van der Waals surface area contributed by atoms with Crippen molar-refractivity contribution in [3.8, 4) is 0 Å². The number of hydrogen-bond donors (Lipinski definition) is 1. The van der Waals surface area contributed by atoms with E-state index in [0.29, 0.717) is 6.04 Å². The zero-order valence-electron chi connectivity index (χ0n) is 11.1. The van der Waals surface area contributed by atoms with E-state index < -0.39 is 0 Å². The highest BCUT2D eigenvalue weighted by Gasteiger charge is 2.08. The average molecular weight is 263 g/mol. The summed E-state index contributed by atoms with van der Waals surface area (Å²) < 4.78 is 6.70. The van der Waals surface area contributed by atoms with Crippen LogP contribution in [-0.4, -0.2) is 19.8 Å². The van der Waals surface area contributed by atoms with Crippen LogP contribution in [0.1, 0.15) is 31.2 Å².